The molecular formula is C9H19N7. The molecule has 0 aliphatic rings. The minimum atomic E-state index is -0.442. The van der Waals surface area contributed by atoms with Crippen molar-refractivity contribution in [3.8, 4) is 0 Å². The average Bonchev–Trinajstić information content (AvgIpc) is 2.29. The van der Waals surface area contributed by atoms with Crippen LogP contribution in [0.2, 0.25) is 0 Å². The molecule has 0 aliphatic carbocycles. The van der Waals surface area contributed by atoms with Gasteiger partial charge in [-0.15, -0.1) is 0 Å². The monoisotopic (exact) mass is 225 g/mol. The molecule has 0 saturated heterocycles. The fraction of sp³-hybridized carbons (Fsp3) is 0.556. The van der Waals surface area contributed by atoms with Gasteiger partial charge in [-0.05, 0) is 6.42 Å². The normalized spacial score (nSPS) is 14.5. The first-order valence-corrected chi connectivity index (χ1v) is 5.13. The minimum absolute atomic E-state index is 0.132. The van der Waals surface area contributed by atoms with Gasteiger partial charge in [0.2, 0.25) is 5.95 Å². The summed E-state index contributed by atoms with van der Waals surface area (Å²) in [6.45, 7) is 1.95. The summed E-state index contributed by atoms with van der Waals surface area (Å²) in [5.41, 5.74) is 24.2. The summed E-state index contributed by atoms with van der Waals surface area (Å²) in [5.74, 6) is 0.605. The Hall–Kier alpha value is -1.60. The number of hydrogen-bond acceptors (Lipinski definition) is 7. The third-order valence-electron chi connectivity index (χ3n) is 2.48. The van der Waals surface area contributed by atoms with Crippen LogP contribution in [0.15, 0.2) is 0 Å². The van der Waals surface area contributed by atoms with E-state index in [1.54, 1.807) is 7.05 Å². The fourth-order valence-electron chi connectivity index (χ4n) is 1.41. The van der Waals surface area contributed by atoms with Gasteiger partial charge in [-0.25, -0.2) is 4.98 Å². The molecule has 0 bridgehead atoms. The summed E-state index contributed by atoms with van der Waals surface area (Å²) in [5, 5.41) is 2.84. The maximum Gasteiger partial charge on any atom is 0.222 e. The molecule has 90 valence electrons. The first-order chi connectivity index (χ1) is 7.51. The van der Waals surface area contributed by atoms with Crippen molar-refractivity contribution in [2.45, 2.75) is 25.4 Å². The van der Waals surface area contributed by atoms with Crippen molar-refractivity contribution in [3.05, 3.63) is 5.69 Å². The maximum atomic E-state index is 5.96. The van der Waals surface area contributed by atoms with E-state index in [-0.39, 0.29) is 12.0 Å². The predicted octanol–water partition coefficient (Wildman–Crippen LogP) is -0.580. The Bertz CT molecular complexity index is 365. The molecule has 9 N–H and O–H groups in total. The average molecular weight is 225 g/mol. The lowest BCUT2D eigenvalue weighted by molar-refractivity contribution is 0.523. The van der Waals surface area contributed by atoms with E-state index in [4.69, 9.17) is 22.9 Å². The Morgan fingerprint density at radius 2 is 1.88 bits per heavy atom. The van der Waals surface area contributed by atoms with Gasteiger partial charge in [-0.2, -0.15) is 4.98 Å². The highest BCUT2D eigenvalue weighted by Gasteiger charge is 2.20. The summed E-state index contributed by atoms with van der Waals surface area (Å²) in [4.78, 5) is 8.00. The van der Waals surface area contributed by atoms with Gasteiger partial charge in [0.15, 0.2) is 5.82 Å². The number of rotatable bonds is 4. The number of anilines is 3. The molecule has 0 amide bonds. The standard InChI is InChI=1S/C9H19N7/c1-3-4(10)5(11)7-6(12)8(14-2)16-9(13)15-7/h4-5H,3,10-12H2,1-2H3,(H3,13,14,15,16). The van der Waals surface area contributed by atoms with E-state index in [2.05, 4.69) is 15.3 Å². The molecule has 0 fully saturated rings. The lowest BCUT2D eigenvalue weighted by atomic mass is 10.0. The van der Waals surface area contributed by atoms with Crippen LogP contribution in [0.1, 0.15) is 25.1 Å². The molecule has 1 aromatic rings. The highest BCUT2D eigenvalue weighted by molar-refractivity contribution is 5.66. The highest BCUT2D eigenvalue weighted by Crippen LogP contribution is 2.25. The summed E-state index contributed by atoms with van der Waals surface area (Å²) in [6.07, 6.45) is 0.736. The number of hydrogen-bond donors (Lipinski definition) is 5. The van der Waals surface area contributed by atoms with E-state index in [0.29, 0.717) is 17.2 Å². The maximum absolute atomic E-state index is 5.96. The van der Waals surface area contributed by atoms with E-state index >= 15 is 0 Å². The Morgan fingerprint density at radius 3 is 2.38 bits per heavy atom. The van der Waals surface area contributed by atoms with Crippen LogP contribution < -0.4 is 28.3 Å². The van der Waals surface area contributed by atoms with Gasteiger partial charge in [0.25, 0.3) is 0 Å². The lowest BCUT2D eigenvalue weighted by Gasteiger charge is -2.20. The third kappa shape index (κ3) is 2.31. The van der Waals surface area contributed by atoms with Crippen LogP contribution in [0.5, 0.6) is 0 Å². The largest absolute Gasteiger partial charge is 0.394 e. The second-order valence-electron chi connectivity index (χ2n) is 3.58. The quantitative estimate of drug-likeness (QED) is 0.461. The molecule has 1 aromatic heterocycles. The molecule has 0 aliphatic heterocycles. The number of aromatic nitrogens is 2. The lowest BCUT2D eigenvalue weighted by Crippen LogP contribution is -2.35. The van der Waals surface area contributed by atoms with E-state index < -0.39 is 6.04 Å². The van der Waals surface area contributed by atoms with E-state index in [0.717, 1.165) is 6.42 Å². The zero-order chi connectivity index (χ0) is 12.3. The molecule has 2 unspecified atom stereocenters. The molecule has 1 heterocycles. The molecule has 0 spiro atoms. The number of nitrogens with two attached hydrogens (primary N) is 4. The minimum Gasteiger partial charge on any atom is -0.394 e. The van der Waals surface area contributed by atoms with Gasteiger partial charge in [-0.3, -0.25) is 0 Å². The third-order valence-corrected chi connectivity index (χ3v) is 2.48. The molecule has 16 heavy (non-hydrogen) atoms. The predicted molar refractivity (Wildman–Crippen MR) is 65.6 cm³/mol. The second kappa shape index (κ2) is 4.95. The Balaban J connectivity index is 3.17. The fourth-order valence-corrected chi connectivity index (χ4v) is 1.41. The first kappa shape index (κ1) is 12.5. The number of nitrogen functional groups attached to an aromatic ring is 2. The van der Waals surface area contributed by atoms with Crippen molar-refractivity contribution < 1.29 is 0 Å². The summed E-state index contributed by atoms with van der Waals surface area (Å²) < 4.78 is 0. The Morgan fingerprint density at radius 1 is 1.25 bits per heavy atom. The SMILES string of the molecule is CCC(N)C(N)c1nc(N)nc(NC)c1N. The summed E-state index contributed by atoms with van der Waals surface area (Å²) >= 11 is 0. The van der Waals surface area contributed by atoms with Gasteiger partial charge in [-0.1, -0.05) is 6.92 Å². The first-order valence-electron chi connectivity index (χ1n) is 5.13. The topological polar surface area (TPSA) is 142 Å². The summed E-state index contributed by atoms with van der Waals surface area (Å²) in [6, 6.07) is -0.649. The van der Waals surface area contributed by atoms with Gasteiger partial charge < -0.3 is 28.3 Å². The van der Waals surface area contributed by atoms with Gasteiger partial charge in [0.1, 0.15) is 0 Å². The van der Waals surface area contributed by atoms with Crippen molar-refractivity contribution in [2.75, 3.05) is 23.8 Å². The zero-order valence-electron chi connectivity index (χ0n) is 9.57. The number of nitrogens with one attached hydrogen (secondary N) is 1. The van der Waals surface area contributed by atoms with Crippen LogP contribution in [-0.2, 0) is 0 Å². The van der Waals surface area contributed by atoms with Gasteiger partial charge >= 0.3 is 0 Å². The molecule has 0 saturated carbocycles. The van der Waals surface area contributed by atoms with Crippen molar-refractivity contribution in [2.24, 2.45) is 11.5 Å². The van der Waals surface area contributed by atoms with Crippen molar-refractivity contribution in [1.29, 1.82) is 0 Å². The number of nitrogens with zero attached hydrogens (tertiary/aromatic N) is 2. The van der Waals surface area contributed by atoms with Crippen molar-refractivity contribution in [1.82, 2.24) is 9.97 Å². The molecular weight excluding hydrogens is 206 g/mol. The van der Waals surface area contributed by atoms with Crippen LogP contribution in [0.25, 0.3) is 0 Å². The molecule has 0 aromatic carbocycles. The molecule has 1 rings (SSSR count). The molecule has 0 radical (unpaired) electrons. The van der Waals surface area contributed by atoms with Gasteiger partial charge in [0, 0.05) is 13.1 Å². The Labute approximate surface area is 94.6 Å². The van der Waals surface area contributed by atoms with Crippen molar-refractivity contribution >= 4 is 17.5 Å². The van der Waals surface area contributed by atoms with E-state index in [1.807, 2.05) is 6.92 Å². The Kier molecular flexibility index (Phi) is 3.86. The van der Waals surface area contributed by atoms with Crippen LogP contribution >= 0.6 is 0 Å². The second-order valence-corrected chi connectivity index (χ2v) is 3.58. The zero-order valence-corrected chi connectivity index (χ0v) is 9.57. The van der Waals surface area contributed by atoms with Gasteiger partial charge in [0.05, 0.1) is 17.4 Å². The van der Waals surface area contributed by atoms with Crippen LogP contribution in [0.3, 0.4) is 0 Å². The van der Waals surface area contributed by atoms with Crippen LogP contribution in [-0.4, -0.2) is 23.1 Å². The van der Waals surface area contributed by atoms with E-state index in [1.165, 1.54) is 0 Å². The van der Waals surface area contributed by atoms with Crippen molar-refractivity contribution in [3.63, 3.8) is 0 Å². The highest BCUT2D eigenvalue weighted by atomic mass is 15.1. The molecule has 7 heteroatoms. The smallest absolute Gasteiger partial charge is 0.222 e. The molecule has 7 nitrogen and oxygen atoms in total. The molecule has 2 atom stereocenters. The van der Waals surface area contributed by atoms with Crippen LogP contribution in [0.4, 0.5) is 17.5 Å². The van der Waals surface area contributed by atoms with E-state index in [9.17, 15) is 0 Å². The summed E-state index contributed by atoms with van der Waals surface area (Å²) in [7, 11) is 1.70. The van der Waals surface area contributed by atoms with Crippen LogP contribution in [0, 0.1) is 0 Å².